The smallest absolute Gasteiger partial charge is 0.410 e. The van der Waals surface area contributed by atoms with Crippen LogP contribution in [0.2, 0.25) is 5.02 Å². The fourth-order valence-corrected chi connectivity index (χ4v) is 9.02. The highest BCUT2D eigenvalue weighted by atomic mass is 35.5. The Morgan fingerprint density at radius 3 is 2.69 bits per heavy atom. The highest BCUT2D eigenvalue weighted by Crippen LogP contribution is 2.51. The quantitative estimate of drug-likeness (QED) is 0.229. The van der Waals surface area contributed by atoms with E-state index in [4.69, 9.17) is 30.8 Å². The summed E-state index contributed by atoms with van der Waals surface area (Å²) in [5, 5.41) is 4.93. The second kappa shape index (κ2) is 12.0. The third-order valence-corrected chi connectivity index (χ3v) is 11.2. The van der Waals surface area contributed by atoms with Crippen molar-refractivity contribution in [2.24, 2.45) is 7.05 Å². The lowest BCUT2D eigenvalue weighted by Crippen LogP contribution is -2.64. The molecule has 6 heterocycles. The van der Waals surface area contributed by atoms with Crippen molar-refractivity contribution in [1.82, 2.24) is 29.5 Å². The van der Waals surface area contributed by atoms with Gasteiger partial charge in [-0.3, -0.25) is 9.58 Å². The first-order valence-corrected chi connectivity index (χ1v) is 17.8. The van der Waals surface area contributed by atoms with Gasteiger partial charge in [0.05, 0.1) is 39.7 Å². The lowest BCUT2D eigenvalue weighted by atomic mass is 9.95. The molecular formula is C36H41ClF3N7O4. The van der Waals surface area contributed by atoms with E-state index in [1.165, 1.54) is 10.7 Å². The van der Waals surface area contributed by atoms with Gasteiger partial charge in [-0.05, 0) is 66.1 Å². The summed E-state index contributed by atoms with van der Waals surface area (Å²) in [5.41, 5.74) is -1.34. The summed E-state index contributed by atoms with van der Waals surface area (Å²) in [4.78, 5) is 28.6. The van der Waals surface area contributed by atoms with Crippen molar-refractivity contribution in [3.8, 4) is 22.9 Å². The summed E-state index contributed by atoms with van der Waals surface area (Å²) in [7, 11) is 1.64. The number of carbonyl (C=O) groups excluding carboxylic acids is 1. The number of hydrogen-bond acceptors (Lipinski definition) is 9. The minimum atomic E-state index is -0.965. The summed E-state index contributed by atoms with van der Waals surface area (Å²) >= 11 is 7.12. The van der Waals surface area contributed by atoms with Crippen LogP contribution in [0.1, 0.15) is 53.9 Å². The van der Waals surface area contributed by atoms with Gasteiger partial charge in [0.15, 0.2) is 11.6 Å². The van der Waals surface area contributed by atoms with Crippen LogP contribution in [0, 0.1) is 11.6 Å². The van der Waals surface area contributed by atoms with Crippen molar-refractivity contribution in [2.45, 2.75) is 89.4 Å². The first-order chi connectivity index (χ1) is 24.2. The van der Waals surface area contributed by atoms with Crippen LogP contribution < -0.4 is 14.4 Å². The van der Waals surface area contributed by atoms with Gasteiger partial charge in [0.1, 0.15) is 41.6 Å². The molecule has 0 aliphatic carbocycles. The number of hydrogen-bond donors (Lipinski definition) is 0. The Bertz CT molecular complexity index is 2070. The Balaban J connectivity index is 1.31. The molecule has 1 amide bonds. The number of fused-ring (bicyclic) bond motifs is 4. The zero-order chi connectivity index (χ0) is 36.1. The summed E-state index contributed by atoms with van der Waals surface area (Å²) in [6.45, 7) is 11.0. The average Bonchev–Trinajstić information content (AvgIpc) is 3.70. The Morgan fingerprint density at radius 2 is 1.92 bits per heavy atom. The van der Waals surface area contributed by atoms with Crippen molar-refractivity contribution in [2.75, 3.05) is 37.7 Å². The molecule has 2 aromatic carbocycles. The molecule has 8 rings (SSSR count). The van der Waals surface area contributed by atoms with Crippen molar-refractivity contribution in [1.29, 1.82) is 0 Å². The number of alkyl halides is 1. The molecule has 0 bridgehead atoms. The number of anilines is 1. The van der Waals surface area contributed by atoms with E-state index >= 15 is 8.78 Å². The van der Waals surface area contributed by atoms with E-state index in [-0.39, 0.29) is 52.0 Å². The van der Waals surface area contributed by atoms with Gasteiger partial charge in [-0.25, -0.2) is 18.0 Å². The van der Waals surface area contributed by atoms with Crippen LogP contribution >= 0.6 is 11.6 Å². The van der Waals surface area contributed by atoms with Crippen molar-refractivity contribution >= 4 is 45.3 Å². The molecule has 1 unspecified atom stereocenters. The summed E-state index contributed by atoms with van der Waals surface area (Å²) in [5.74, 6) is -1.16. The molecule has 11 nitrogen and oxygen atoms in total. The topological polar surface area (TPSA) is 98.1 Å². The van der Waals surface area contributed by atoms with E-state index in [0.717, 1.165) is 19.4 Å². The van der Waals surface area contributed by atoms with Gasteiger partial charge in [0, 0.05) is 49.6 Å². The predicted octanol–water partition coefficient (Wildman–Crippen LogP) is 6.67. The number of ether oxygens (including phenoxy) is 3. The van der Waals surface area contributed by atoms with Gasteiger partial charge in [-0.2, -0.15) is 15.1 Å². The van der Waals surface area contributed by atoms with Gasteiger partial charge in [0.25, 0.3) is 0 Å². The maximum absolute atomic E-state index is 17.3. The summed E-state index contributed by atoms with van der Waals surface area (Å²) < 4.78 is 68.0. The van der Waals surface area contributed by atoms with Crippen LogP contribution in [0.5, 0.6) is 11.8 Å². The zero-order valence-corrected chi connectivity index (χ0v) is 30.2. The number of rotatable bonds is 4. The molecule has 0 saturated carbocycles. The highest BCUT2D eigenvalue weighted by Gasteiger charge is 2.50. The Kier molecular flexibility index (Phi) is 8.02. The lowest BCUT2D eigenvalue weighted by molar-refractivity contribution is 0.00470. The monoisotopic (exact) mass is 727 g/mol. The highest BCUT2D eigenvalue weighted by molar-refractivity contribution is 6.37. The fraction of sp³-hybridized carbons (Fsp3) is 0.556. The number of nitrogens with zero attached hydrogens (tertiary/aromatic N) is 7. The number of piperazine rings is 1. The largest absolute Gasteiger partial charge is 0.486 e. The summed E-state index contributed by atoms with van der Waals surface area (Å²) in [6.07, 6.45) is 1.53. The van der Waals surface area contributed by atoms with Gasteiger partial charge >= 0.3 is 12.1 Å². The molecule has 4 aliphatic heterocycles. The SMILES string of the molecule is C[C@@H]1Oc2c(Cl)c(-c3c(F)ccc4cnn(C)c34)c(F)c3nc(OCC45CCCN4C[C@H](F)C5)nc(c23)N2CCN(C(=O)OC(C)(C)C)[C@@H](C)[C@@H]12. The maximum Gasteiger partial charge on any atom is 0.410 e. The first kappa shape index (κ1) is 34.1. The van der Waals surface area contributed by atoms with Crippen LogP contribution in [-0.4, -0.2) is 104 Å². The number of aryl methyl sites for hydroxylation is 1. The van der Waals surface area contributed by atoms with Crippen molar-refractivity contribution in [3.63, 3.8) is 0 Å². The summed E-state index contributed by atoms with van der Waals surface area (Å²) in [6, 6.07) is 1.78. The zero-order valence-electron chi connectivity index (χ0n) is 29.5. The van der Waals surface area contributed by atoms with E-state index in [0.29, 0.717) is 36.2 Å². The van der Waals surface area contributed by atoms with Crippen LogP contribution in [-0.2, 0) is 11.8 Å². The molecule has 51 heavy (non-hydrogen) atoms. The molecule has 272 valence electrons. The molecule has 15 heteroatoms. The van der Waals surface area contributed by atoms with E-state index in [1.54, 1.807) is 24.2 Å². The van der Waals surface area contributed by atoms with Crippen LogP contribution in [0.15, 0.2) is 18.3 Å². The molecule has 2 aromatic heterocycles. The lowest BCUT2D eigenvalue weighted by Gasteiger charge is -2.47. The van der Waals surface area contributed by atoms with Gasteiger partial charge in [0.2, 0.25) is 0 Å². The molecule has 0 spiro atoms. The molecule has 5 atom stereocenters. The van der Waals surface area contributed by atoms with Gasteiger partial charge < -0.3 is 24.0 Å². The number of carbonyl (C=O) groups is 1. The molecule has 3 fully saturated rings. The number of amides is 1. The first-order valence-electron chi connectivity index (χ1n) is 17.5. The predicted molar refractivity (Wildman–Crippen MR) is 186 cm³/mol. The van der Waals surface area contributed by atoms with Crippen LogP contribution in [0.4, 0.5) is 23.8 Å². The number of benzene rings is 2. The maximum atomic E-state index is 17.3. The Hall–Kier alpha value is -4.04. The van der Waals surface area contributed by atoms with Gasteiger partial charge in [-0.15, -0.1) is 0 Å². The average molecular weight is 728 g/mol. The number of aromatic nitrogens is 4. The number of halogens is 4. The molecule has 4 aromatic rings. The Morgan fingerprint density at radius 1 is 1.14 bits per heavy atom. The second-order valence-corrected chi connectivity index (χ2v) is 15.7. The fourth-order valence-electron chi connectivity index (χ4n) is 8.70. The molecular weight excluding hydrogens is 687 g/mol. The second-order valence-electron chi connectivity index (χ2n) is 15.3. The van der Waals surface area contributed by atoms with E-state index in [9.17, 15) is 9.18 Å². The van der Waals surface area contributed by atoms with Crippen LogP contribution in [0.25, 0.3) is 32.9 Å². The molecule has 4 aliphatic rings. The van der Waals surface area contributed by atoms with Crippen molar-refractivity contribution < 1.29 is 32.2 Å². The molecule has 0 radical (unpaired) electrons. The standard InChI is InChI=1S/C36H41ClF3N7O4/c1-18-29-19(2)50-31-25-28(27(40)24(26(31)37)23-22(39)9-8-20-15-41-44(6)30(20)23)42-33(49-17-36-10-7-11-45(36)16-21(38)14-36)43-32(25)47(29)13-12-46(18)34(48)51-35(3,4)5/h8-9,15,18-19,21,29H,7,10-14,16-17H2,1-6H3/t18-,19-,21+,29-,36?/m0/s1. The van der Waals surface area contributed by atoms with E-state index < -0.39 is 53.2 Å². The van der Waals surface area contributed by atoms with E-state index in [2.05, 4.69) is 15.0 Å². The third kappa shape index (κ3) is 5.42. The normalized spacial score (nSPS) is 26.3. The van der Waals surface area contributed by atoms with E-state index in [1.807, 2.05) is 39.5 Å². The van der Waals surface area contributed by atoms with Crippen LogP contribution in [0.3, 0.4) is 0 Å². The van der Waals surface area contributed by atoms with Crippen molar-refractivity contribution in [3.05, 3.63) is 35.0 Å². The molecule has 3 saturated heterocycles. The minimum Gasteiger partial charge on any atom is -0.486 e. The third-order valence-electron chi connectivity index (χ3n) is 10.9. The molecule has 0 N–H and O–H groups in total. The minimum absolute atomic E-state index is 0.0844. The van der Waals surface area contributed by atoms with Gasteiger partial charge in [-0.1, -0.05) is 11.6 Å². The Labute approximate surface area is 298 Å².